The van der Waals surface area contributed by atoms with Crippen LogP contribution in [0.3, 0.4) is 0 Å². The van der Waals surface area contributed by atoms with Gasteiger partial charge in [-0.05, 0) is 36.6 Å². The Kier molecular flexibility index (Phi) is 3.99. The van der Waals surface area contributed by atoms with Crippen LogP contribution in [-0.4, -0.2) is 0 Å². The molecule has 1 aliphatic heterocycles. The maximum Gasteiger partial charge on any atom is 0.0417 e. The number of hydrogen-bond acceptors (Lipinski definition) is 4. The van der Waals surface area contributed by atoms with Crippen molar-refractivity contribution in [2.75, 3.05) is 0 Å². The van der Waals surface area contributed by atoms with Crippen molar-refractivity contribution in [3.8, 4) is 0 Å². The van der Waals surface area contributed by atoms with Crippen molar-refractivity contribution in [2.24, 2.45) is 0 Å². The van der Waals surface area contributed by atoms with Crippen LogP contribution in [0, 0.1) is 6.92 Å². The molecule has 0 aliphatic carbocycles. The van der Waals surface area contributed by atoms with E-state index in [1.807, 2.05) is 44.3 Å². The summed E-state index contributed by atoms with van der Waals surface area (Å²) in [6, 6.07) is 8.74. The molecule has 0 nitrogen and oxygen atoms in total. The van der Waals surface area contributed by atoms with Crippen molar-refractivity contribution in [1.29, 1.82) is 0 Å². The quantitative estimate of drug-likeness (QED) is 0.640. The number of aryl methyl sites for hydroxylation is 1. The number of rotatable bonds is 3. The van der Waals surface area contributed by atoms with Crippen molar-refractivity contribution in [3.63, 3.8) is 0 Å². The van der Waals surface area contributed by atoms with Crippen LogP contribution in [0.5, 0.6) is 0 Å². The SMILES string of the molecule is Cc1ccc(C2=CC=C(Cc3cccs3)SS2)s1. The lowest BCUT2D eigenvalue weighted by Crippen LogP contribution is -1.85. The van der Waals surface area contributed by atoms with Gasteiger partial charge in [-0.2, -0.15) is 0 Å². The lowest BCUT2D eigenvalue weighted by atomic mass is 10.3. The van der Waals surface area contributed by atoms with Crippen LogP contribution >= 0.6 is 44.3 Å². The molecule has 0 fully saturated rings. The van der Waals surface area contributed by atoms with Gasteiger partial charge in [-0.1, -0.05) is 33.7 Å². The molecule has 4 heteroatoms. The highest BCUT2D eigenvalue weighted by Gasteiger charge is 2.12. The topological polar surface area (TPSA) is 0 Å². The number of thiophene rings is 2. The van der Waals surface area contributed by atoms with Gasteiger partial charge in [-0.25, -0.2) is 0 Å². The van der Waals surface area contributed by atoms with E-state index in [1.165, 1.54) is 24.4 Å². The predicted octanol–water partition coefficient (Wildman–Crippen LogP) is 5.98. The molecule has 0 radical (unpaired) electrons. The number of allylic oxidation sites excluding steroid dienone is 3. The monoisotopic (exact) mass is 308 g/mol. The van der Waals surface area contributed by atoms with Crippen LogP contribution < -0.4 is 0 Å². The maximum absolute atomic E-state index is 2.27. The zero-order valence-electron chi connectivity index (χ0n) is 9.88. The summed E-state index contributed by atoms with van der Waals surface area (Å²) < 4.78 is 0. The molecule has 3 heterocycles. The van der Waals surface area contributed by atoms with Crippen molar-refractivity contribution in [2.45, 2.75) is 13.3 Å². The van der Waals surface area contributed by atoms with Crippen LogP contribution in [0.25, 0.3) is 4.91 Å². The Hall–Kier alpha value is -0.420. The summed E-state index contributed by atoms with van der Waals surface area (Å²) in [5.41, 5.74) is 0. The molecule has 0 saturated heterocycles. The first-order valence-corrected chi connectivity index (χ1v) is 9.50. The van der Waals surface area contributed by atoms with Gasteiger partial charge in [-0.3, -0.25) is 0 Å². The van der Waals surface area contributed by atoms with Crippen LogP contribution in [-0.2, 0) is 6.42 Å². The molecule has 0 aromatic carbocycles. The summed E-state index contributed by atoms with van der Waals surface area (Å²) in [5, 5.41) is 2.15. The molecule has 0 bridgehead atoms. The average molecular weight is 309 g/mol. The highest BCUT2D eigenvalue weighted by molar-refractivity contribution is 8.81. The summed E-state index contributed by atoms with van der Waals surface area (Å²) in [7, 11) is 3.78. The molecule has 0 saturated carbocycles. The fourth-order valence-electron chi connectivity index (χ4n) is 1.69. The van der Waals surface area contributed by atoms with E-state index in [4.69, 9.17) is 0 Å². The molecule has 2 aromatic heterocycles. The third kappa shape index (κ3) is 2.94. The fraction of sp³-hybridized carbons (Fsp3) is 0.143. The first-order chi connectivity index (χ1) is 8.81. The van der Waals surface area contributed by atoms with Crippen LogP contribution in [0.15, 0.2) is 46.7 Å². The normalized spacial score (nSPS) is 15.4. The summed E-state index contributed by atoms with van der Waals surface area (Å²) >= 11 is 3.71. The second-order valence-corrected chi connectivity index (χ2v) is 8.61. The van der Waals surface area contributed by atoms with E-state index in [2.05, 4.69) is 48.7 Å². The summed E-state index contributed by atoms with van der Waals surface area (Å²) in [6.07, 6.45) is 5.60. The first kappa shape index (κ1) is 12.6. The Balaban J connectivity index is 1.74. The predicted molar refractivity (Wildman–Crippen MR) is 88.3 cm³/mol. The van der Waals surface area contributed by atoms with Crippen molar-refractivity contribution >= 4 is 49.2 Å². The lowest BCUT2D eigenvalue weighted by molar-refractivity contribution is 1.32. The van der Waals surface area contributed by atoms with Crippen LogP contribution in [0.2, 0.25) is 0 Å². The van der Waals surface area contributed by atoms with E-state index in [-0.39, 0.29) is 0 Å². The Labute approximate surface area is 123 Å². The van der Waals surface area contributed by atoms with Gasteiger partial charge < -0.3 is 0 Å². The Morgan fingerprint density at radius 1 is 1.06 bits per heavy atom. The first-order valence-electron chi connectivity index (χ1n) is 5.66. The summed E-state index contributed by atoms with van der Waals surface area (Å²) in [4.78, 5) is 7.03. The largest absolute Gasteiger partial charge is 0.149 e. The van der Waals surface area contributed by atoms with Gasteiger partial charge in [0.1, 0.15) is 0 Å². The standard InChI is InChI=1S/C14H12S4/c1-10-4-6-13(16-10)14-7-5-12(17-18-14)9-11-3-2-8-15-11/h2-8H,9H2,1H3. The molecular weight excluding hydrogens is 296 g/mol. The summed E-state index contributed by atoms with van der Waals surface area (Å²) in [6.45, 7) is 2.16. The second-order valence-electron chi connectivity index (χ2n) is 4.00. The molecule has 1 aliphatic rings. The van der Waals surface area contributed by atoms with Crippen molar-refractivity contribution < 1.29 is 0 Å². The Morgan fingerprint density at radius 3 is 2.61 bits per heavy atom. The third-order valence-electron chi connectivity index (χ3n) is 2.57. The number of hydrogen-bond donors (Lipinski definition) is 0. The van der Waals surface area contributed by atoms with E-state index >= 15 is 0 Å². The molecular formula is C14H12S4. The average Bonchev–Trinajstić information content (AvgIpc) is 3.02. The van der Waals surface area contributed by atoms with Crippen molar-refractivity contribution in [1.82, 2.24) is 0 Å². The molecule has 18 heavy (non-hydrogen) atoms. The van der Waals surface area contributed by atoms with Crippen LogP contribution in [0.1, 0.15) is 14.6 Å². The highest BCUT2D eigenvalue weighted by Crippen LogP contribution is 2.47. The van der Waals surface area contributed by atoms with Crippen molar-refractivity contribution in [3.05, 3.63) is 61.3 Å². The molecule has 2 aromatic rings. The van der Waals surface area contributed by atoms with E-state index in [9.17, 15) is 0 Å². The maximum atomic E-state index is 2.27. The van der Waals surface area contributed by atoms with Gasteiger partial charge in [0, 0.05) is 30.9 Å². The summed E-state index contributed by atoms with van der Waals surface area (Å²) in [5.74, 6) is 0. The molecule has 92 valence electrons. The molecule has 0 spiro atoms. The van der Waals surface area contributed by atoms with E-state index in [1.54, 1.807) is 0 Å². The van der Waals surface area contributed by atoms with Gasteiger partial charge in [-0.15, -0.1) is 22.7 Å². The Morgan fingerprint density at radius 2 is 2.00 bits per heavy atom. The molecule has 0 N–H and O–H groups in total. The minimum Gasteiger partial charge on any atom is -0.149 e. The molecule has 3 rings (SSSR count). The zero-order chi connectivity index (χ0) is 12.4. The van der Waals surface area contributed by atoms with E-state index in [0.717, 1.165) is 6.42 Å². The van der Waals surface area contributed by atoms with E-state index in [0.29, 0.717) is 0 Å². The minimum atomic E-state index is 1.07. The van der Waals surface area contributed by atoms with Gasteiger partial charge in [0.25, 0.3) is 0 Å². The third-order valence-corrected chi connectivity index (χ3v) is 7.15. The second kappa shape index (κ2) is 5.70. The highest BCUT2D eigenvalue weighted by atomic mass is 33.1. The molecule has 0 unspecified atom stereocenters. The zero-order valence-corrected chi connectivity index (χ0v) is 13.1. The smallest absolute Gasteiger partial charge is 0.0417 e. The van der Waals surface area contributed by atoms with E-state index < -0.39 is 0 Å². The lowest BCUT2D eigenvalue weighted by Gasteiger charge is -2.11. The van der Waals surface area contributed by atoms with Gasteiger partial charge in [0.15, 0.2) is 0 Å². The molecule has 0 amide bonds. The van der Waals surface area contributed by atoms with Gasteiger partial charge in [0.2, 0.25) is 0 Å². The van der Waals surface area contributed by atoms with Gasteiger partial charge >= 0.3 is 0 Å². The van der Waals surface area contributed by atoms with Gasteiger partial charge in [0.05, 0.1) is 0 Å². The fourth-order valence-corrected chi connectivity index (χ4v) is 5.88. The van der Waals surface area contributed by atoms with Crippen LogP contribution in [0.4, 0.5) is 0 Å². The Bertz CT molecular complexity index is 587. The molecule has 0 atom stereocenters. The minimum absolute atomic E-state index is 1.07.